The predicted molar refractivity (Wildman–Crippen MR) is 89.6 cm³/mol. The Kier molecular flexibility index (Phi) is 4.53. The average molecular weight is 351 g/mol. The van der Waals surface area contributed by atoms with Crippen LogP contribution in [0, 0.1) is 0 Å². The fourth-order valence-corrected chi connectivity index (χ4v) is 3.49. The maximum Gasteiger partial charge on any atom is 0.323 e. The van der Waals surface area contributed by atoms with Gasteiger partial charge in [0.25, 0.3) is 5.91 Å². The molecule has 0 saturated carbocycles. The van der Waals surface area contributed by atoms with Gasteiger partial charge in [-0.15, -0.1) is 0 Å². The molecule has 1 amide bonds. The maximum absolute atomic E-state index is 12.3. The van der Waals surface area contributed by atoms with Gasteiger partial charge in [-0.25, -0.2) is 0 Å². The minimum absolute atomic E-state index is 0.239. The second kappa shape index (κ2) is 6.59. The van der Waals surface area contributed by atoms with E-state index in [9.17, 15) is 9.59 Å². The third-order valence-electron chi connectivity index (χ3n) is 3.26. The van der Waals surface area contributed by atoms with E-state index in [0.717, 1.165) is 23.1 Å². The molecule has 1 saturated heterocycles. The average Bonchev–Trinajstić information content (AvgIpc) is 2.72. The summed E-state index contributed by atoms with van der Waals surface area (Å²) in [5, 5.41) is 8.86. The van der Waals surface area contributed by atoms with Crippen molar-refractivity contribution in [2.45, 2.75) is 6.42 Å². The van der Waals surface area contributed by atoms with Crippen LogP contribution in [0.5, 0.6) is 11.5 Å². The molecule has 8 heteroatoms. The SMILES string of the molecule is O=C(O)CN1C(=O)C(=Cc2cccc3c2OCCCO3)SC1=S. The van der Waals surface area contributed by atoms with Crippen molar-refractivity contribution >= 4 is 46.3 Å². The monoisotopic (exact) mass is 351 g/mol. The van der Waals surface area contributed by atoms with Gasteiger partial charge in [-0.3, -0.25) is 14.5 Å². The van der Waals surface area contributed by atoms with Crippen molar-refractivity contribution < 1.29 is 24.2 Å². The summed E-state index contributed by atoms with van der Waals surface area (Å²) in [6, 6.07) is 5.45. The molecule has 120 valence electrons. The number of aliphatic carboxylic acids is 1. The molecule has 0 spiro atoms. The molecule has 0 bridgehead atoms. The van der Waals surface area contributed by atoms with Crippen LogP contribution in [0.1, 0.15) is 12.0 Å². The van der Waals surface area contributed by atoms with E-state index in [2.05, 4.69) is 0 Å². The molecule has 0 radical (unpaired) electrons. The van der Waals surface area contributed by atoms with Gasteiger partial charge in [-0.05, 0) is 12.1 Å². The molecule has 2 heterocycles. The highest BCUT2D eigenvalue weighted by Crippen LogP contribution is 2.38. The topological polar surface area (TPSA) is 76.1 Å². The number of carbonyl (C=O) groups is 2. The number of ether oxygens (including phenoxy) is 2. The second-order valence-electron chi connectivity index (χ2n) is 4.89. The lowest BCUT2D eigenvalue weighted by molar-refractivity contribution is -0.140. The zero-order valence-corrected chi connectivity index (χ0v) is 13.6. The first-order chi connectivity index (χ1) is 11.1. The lowest BCUT2D eigenvalue weighted by Crippen LogP contribution is -2.33. The number of para-hydroxylation sites is 1. The molecule has 6 nitrogen and oxygen atoms in total. The summed E-state index contributed by atoms with van der Waals surface area (Å²) in [6.07, 6.45) is 2.45. The van der Waals surface area contributed by atoms with Crippen molar-refractivity contribution in [2.75, 3.05) is 19.8 Å². The molecule has 1 N–H and O–H groups in total. The molecule has 0 unspecified atom stereocenters. The van der Waals surface area contributed by atoms with Crippen LogP contribution >= 0.6 is 24.0 Å². The van der Waals surface area contributed by atoms with Crippen LogP contribution in [0.3, 0.4) is 0 Å². The Hall–Kier alpha value is -2.06. The molecule has 1 aromatic rings. The molecule has 2 aliphatic rings. The number of amides is 1. The van der Waals surface area contributed by atoms with E-state index in [-0.39, 0.29) is 4.32 Å². The third-order valence-corrected chi connectivity index (χ3v) is 4.63. The molecule has 0 atom stereocenters. The van der Waals surface area contributed by atoms with E-state index in [4.69, 9.17) is 26.8 Å². The van der Waals surface area contributed by atoms with Crippen molar-refractivity contribution in [3.05, 3.63) is 28.7 Å². The van der Waals surface area contributed by atoms with Crippen LogP contribution in [0.4, 0.5) is 0 Å². The van der Waals surface area contributed by atoms with E-state index >= 15 is 0 Å². The van der Waals surface area contributed by atoms with Gasteiger partial charge < -0.3 is 14.6 Å². The zero-order valence-electron chi connectivity index (χ0n) is 12.0. The van der Waals surface area contributed by atoms with Gasteiger partial charge in [0.15, 0.2) is 11.5 Å². The van der Waals surface area contributed by atoms with Crippen LogP contribution < -0.4 is 9.47 Å². The number of thioether (sulfide) groups is 1. The van der Waals surface area contributed by atoms with E-state index in [0.29, 0.717) is 35.2 Å². The maximum atomic E-state index is 12.3. The summed E-state index contributed by atoms with van der Waals surface area (Å²) in [6.45, 7) is 0.684. The van der Waals surface area contributed by atoms with Crippen molar-refractivity contribution in [1.29, 1.82) is 0 Å². The summed E-state index contributed by atoms with van der Waals surface area (Å²) >= 11 is 6.16. The molecular formula is C15H13NO5S2. The van der Waals surface area contributed by atoms with E-state index in [1.165, 1.54) is 0 Å². The first-order valence-corrected chi connectivity index (χ1v) is 8.14. The number of carbonyl (C=O) groups excluding carboxylic acids is 1. The smallest absolute Gasteiger partial charge is 0.323 e. The Balaban J connectivity index is 1.92. The minimum Gasteiger partial charge on any atom is -0.490 e. The van der Waals surface area contributed by atoms with Gasteiger partial charge in [0, 0.05) is 12.0 Å². The molecule has 1 aromatic carbocycles. The summed E-state index contributed by atoms with van der Waals surface area (Å²) in [5.74, 6) is -0.284. The quantitative estimate of drug-likeness (QED) is 0.660. The van der Waals surface area contributed by atoms with E-state index < -0.39 is 18.4 Å². The Morgan fingerprint density at radius 2 is 2.17 bits per heavy atom. The Bertz CT molecular complexity index is 716. The Morgan fingerprint density at radius 3 is 2.96 bits per heavy atom. The lowest BCUT2D eigenvalue weighted by Gasteiger charge is -2.11. The minimum atomic E-state index is -1.10. The van der Waals surface area contributed by atoms with Gasteiger partial charge in [-0.2, -0.15) is 0 Å². The van der Waals surface area contributed by atoms with Gasteiger partial charge in [-0.1, -0.05) is 36.1 Å². The van der Waals surface area contributed by atoms with Gasteiger partial charge in [0.05, 0.1) is 18.1 Å². The molecule has 0 aliphatic carbocycles. The highest BCUT2D eigenvalue weighted by molar-refractivity contribution is 8.26. The first kappa shape index (κ1) is 15.8. The summed E-state index contributed by atoms with van der Waals surface area (Å²) < 4.78 is 11.6. The summed E-state index contributed by atoms with van der Waals surface area (Å²) in [7, 11) is 0. The number of carboxylic acid groups (broad SMARTS) is 1. The van der Waals surface area contributed by atoms with Gasteiger partial charge >= 0.3 is 5.97 Å². The van der Waals surface area contributed by atoms with Crippen molar-refractivity contribution in [3.8, 4) is 11.5 Å². The number of hydrogen-bond acceptors (Lipinski definition) is 6. The number of rotatable bonds is 3. The number of benzene rings is 1. The Morgan fingerprint density at radius 1 is 1.39 bits per heavy atom. The molecule has 1 fully saturated rings. The fraction of sp³-hybridized carbons (Fsp3) is 0.267. The summed E-state index contributed by atoms with van der Waals surface area (Å²) in [4.78, 5) is 24.6. The molecule has 3 rings (SSSR count). The van der Waals surface area contributed by atoms with Crippen LogP contribution in [-0.4, -0.2) is 46.0 Å². The number of fused-ring (bicyclic) bond motifs is 1. The Labute approximate surface area is 142 Å². The number of carboxylic acids is 1. The third kappa shape index (κ3) is 3.32. The highest BCUT2D eigenvalue weighted by Gasteiger charge is 2.33. The largest absolute Gasteiger partial charge is 0.490 e. The van der Waals surface area contributed by atoms with E-state index in [1.54, 1.807) is 6.08 Å². The lowest BCUT2D eigenvalue weighted by atomic mass is 10.1. The van der Waals surface area contributed by atoms with Crippen molar-refractivity contribution in [1.82, 2.24) is 4.90 Å². The predicted octanol–water partition coefficient (Wildman–Crippen LogP) is 2.13. The van der Waals surface area contributed by atoms with E-state index in [1.807, 2.05) is 18.2 Å². The molecule has 2 aliphatic heterocycles. The standard InChI is InChI=1S/C15H13NO5S2/c17-12(18)8-16-14(19)11(23-15(16)22)7-9-3-1-4-10-13(9)21-6-2-5-20-10/h1,3-4,7H,2,5-6,8H2,(H,17,18). The second-order valence-corrected chi connectivity index (χ2v) is 6.56. The van der Waals surface area contributed by atoms with Crippen molar-refractivity contribution in [2.24, 2.45) is 0 Å². The first-order valence-electron chi connectivity index (χ1n) is 6.92. The number of nitrogens with zero attached hydrogens (tertiary/aromatic N) is 1. The van der Waals surface area contributed by atoms with Gasteiger partial charge in [0.1, 0.15) is 10.9 Å². The highest BCUT2D eigenvalue weighted by atomic mass is 32.2. The van der Waals surface area contributed by atoms with Crippen LogP contribution in [0.25, 0.3) is 6.08 Å². The normalized spacial score (nSPS) is 19.1. The molecular weight excluding hydrogens is 338 g/mol. The van der Waals surface area contributed by atoms with Crippen LogP contribution in [-0.2, 0) is 9.59 Å². The fourth-order valence-electron chi connectivity index (χ4n) is 2.24. The van der Waals surface area contributed by atoms with Crippen LogP contribution in [0.2, 0.25) is 0 Å². The zero-order chi connectivity index (χ0) is 16.4. The number of hydrogen-bond donors (Lipinski definition) is 1. The summed E-state index contributed by atoms with van der Waals surface area (Å²) in [5.41, 5.74) is 0.709. The van der Waals surface area contributed by atoms with Gasteiger partial charge in [0.2, 0.25) is 0 Å². The van der Waals surface area contributed by atoms with Crippen LogP contribution in [0.15, 0.2) is 23.1 Å². The molecule has 0 aromatic heterocycles. The number of thiocarbonyl (C=S) groups is 1. The molecule has 23 heavy (non-hydrogen) atoms. The van der Waals surface area contributed by atoms with Crippen molar-refractivity contribution in [3.63, 3.8) is 0 Å².